The first-order valence-corrected chi connectivity index (χ1v) is 6.43. The summed E-state index contributed by atoms with van der Waals surface area (Å²) in [6.07, 6.45) is 0. The molecule has 0 atom stereocenters. The molecule has 0 radical (unpaired) electrons. The molecule has 1 rings (SSSR count). The second-order valence-electron chi connectivity index (χ2n) is 4.38. The number of aliphatic hydroxyl groups excluding tert-OH is 2. The van der Waals surface area contributed by atoms with Gasteiger partial charge in [-0.1, -0.05) is 17.7 Å². The van der Waals surface area contributed by atoms with Crippen molar-refractivity contribution in [3.8, 4) is 0 Å². The molecule has 6 heteroatoms. The first-order valence-electron chi connectivity index (χ1n) is 6.43. The SMILES string of the molecule is Cc1ccc(C(=O)NCC(=O)N(CCO)CCO)cc1. The van der Waals surface area contributed by atoms with Gasteiger partial charge in [-0.2, -0.15) is 0 Å². The van der Waals surface area contributed by atoms with Crippen molar-refractivity contribution in [3.05, 3.63) is 35.4 Å². The quantitative estimate of drug-likeness (QED) is 0.630. The van der Waals surface area contributed by atoms with Crippen molar-refractivity contribution in [2.24, 2.45) is 0 Å². The third-order valence-electron chi connectivity index (χ3n) is 2.81. The van der Waals surface area contributed by atoms with E-state index in [2.05, 4.69) is 5.32 Å². The lowest BCUT2D eigenvalue weighted by atomic mass is 10.1. The fraction of sp³-hybridized carbons (Fsp3) is 0.429. The van der Waals surface area contributed by atoms with Crippen LogP contribution in [-0.4, -0.2) is 59.8 Å². The molecule has 1 aromatic rings. The molecule has 110 valence electrons. The molecule has 0 aliphatic carbocycles. The van der Waals surface area contributed by atoms with E-state index in [1.165, 1.54) is 4.90 Å². The Bertz CT molecular complexity index is 439. The van der Waals surface area contributed by atoms with Gasteiger partial charge in [0.25, 0.3) is 5.91 Å². The Morgan fingerprint density at radius 3 is 2.15 bits per heavy atom. The van der Waals surface area contributed by atoms with Crippen molar-refractivity contribution in [1.29, 1.82) is 0 Å². The molecule has 0 aliphatic heterocycles. The van der Waals surface area contributed by atoms with Gasteiger partial charge < -0.3 is 20.4 Å². The van der Waals surface area contributed by atoms with Crippen LogP contribution in [0.5, 0.6) is 0 Å². The second-order valence-corrected chi connectivity index (χ2v) is 4.38. The largest absolute Gasteiger partial charge is 0.395 e. The monoisotopic (exact) mass is 280 g/mol. The van der Waals surface area contributed by atoms with Gasteiger partial charge in [-0.15, -0.1) is 0 Å². The third kappa shape index (κ3) is 4.99. The molecule has 6 nitrogen and oxygen atoms in total. The van der Waals surface area contributed by atoms with Crippen LogP contribution in [0.15, 0.2) is 24.3 Å². The molecule has 0 fully saturated rings. The van der Waals surface area contributed by atoms with Crippen LogP contribution in [0.1, 0.15) is 15.9 Å². The van der Waals surface area contributed by atoms with Crippen LogP contribution in [0.2, 0.25) is 0 Å². The first kappa shape index (κ1) is 16.1. The van der Waals surface area contributed by atoms with Gasteiger partial charge in [-0.05, 0) is 19.1 Å². The molecule has 3 N–H and O–H groups in total. The first-order chi connectivity index (χ1) is 9.58. The normalized spacial score (nSPS) is 10.2. The van der Waals surface area contributed by atoms with Crippen molar-refractivity contribution < 1.29 is 19.8 Å². The molecule has 0 heterocycles. The molecule has 0 saturated carbocycles. The number of nitrogens with zero attached hydrogens (tertiary/aromatic N) is 1. The Morgan fingerprint density at radius 2 is 1.65 bits per heavy atom. The summed E-state index contributed by atoms with van der Waals surface area (Å²) in [6.45, 7) is 1.68. The molecule has 20 heavy (non-hydrogen) atoms. The zero-order chi connectivity index (χ0) is 15.0. The lowest BCUT2D eigenvalue weighted by Gasteiger charge is -2.20. The summed E-state index contributed by atoms with van der Waals surface area (Å²) in [4.78, 5) is 24.9. The summed E-state index contributed by atoms with van der Waals surface area (Å²) in [5.74, 6) is -0.667. The number of nitrogens with one attached hydrogen (secondary N) is 1. The number of aryl methyl sites for hydroxylation is 1. The van der Waals surface area contributed by atoms with Crippen LogP contribution >= 0.6 is 0 Å². The molecule has 0 unspecified atom stereocenters. The lowest BCUT2D eigenvalue weighted by molar-refractivity contribution is -0.131. The summed E-state index contributed by atoms with van der Waals surface area (Å²) in [5, 5.41) is 20.2. The van der Waals surface area contributed by atoms with E-state index in [9.17, 15) is 9.59 Å². The molecular weight excluding hydrogens is 260 g/mol. The fourth-order valence-corrected chi connectivity index (χ4v) is 1.68. The van der Waals surface area contributed by atoms with Gasteiger partial charge in [0.05, 0.1) is 19.8 Å². The van der Waals surface area contributed by atoms with Gasteiger partial charge in [0.15, 0.2) is 0 Å². The highest BCUT2D eigenvalue weighted by Crippen LogP contribution is 2.02. The third-order valence-corrected chi connectivity index (χ3v) is 2.81. The minimum atomic E-state index is -0.339. The minimum Gasteiger partial charge on any atom is -0.395 e. The molecule has 2 amide bonds. The second kappa shape index (κ2) is 8.29. The summed E-state index contributed by atoms with van der Waals surface area (Å²) < 4.78 is 0. The van der Waals surface area contributed by atoms with Gasteiger partial charge in [-0.3, -0.25) is 9.59 Å². The van der Waals surface area contributed by atoms with Crippen molar-refractivity contribution in [2.45, 2.75) is 6.92 Å². The number of amides is 2. The number of carbonyl (C=O) groups is 2. The van der Waals surface area contributed by atoms with Gasteiger partial charge in [0.2, 0.25) is 5.91 Å². The van der Waals surface area contributed by atoms with Gasteiger partial charge in [0, 0.05) is 18.7 Å². The molecule has 0 spiro atoms. The Balaban J connectivity index is 2.50. The highest BCUT2D eigenvalue weighted by atomic mass is 16.3. The Hall–Kier alpha value is -1.92. The predicted molar refractivity (Wildman–Crippen MR) is 74.3 cm³/mol. The van der Waals surface area contributed by atoms with E-state index in [0.29, 0.717) is 5.56 Å². The van der Waals surface area contributed by atoms with Crippen molar-refractivity contribution in [3.63, 3.8) is 0 Å². The zero-order valence-corrected chi connectivity index (χ0v) is 11.5. The Kier molecular flexibility index (Phi) is 6.69. The lowest BCUT2D eigenvalue weighted by Crippen LogP contribution is -2.42. The van der Waals surface area contributed by atoms with E-state index >= 15 is 0 Å². The van der Waals surface area contributed by atoms with Crippen LogP contribution in [0, 0.1) is 6.92 Å². The number of hydrogen-bond acceptors (Lipinski definition) is 4. The smallest absolute Gasteiger partial charge is 0.251 e. The van der Waals surface area contributed by atoms with Crippen LogP contribution in [0.25, 0.3) is 0 Å². The van der Waals surface area contributed by atoms with Crippen LogP contribution in [0.4, 0.5) is 0 Å². The van der Waals surface area contributed by atoms with Crippen molar-refractivity contribution in [1.82, 2.24) is 10.2 Å². The summed E-state index contributed by atoms with van der Waals surface area (Å²) in [6, 6.07) is 7.02. The maximum absolute atomic E-state index is 11.8. The van der Waals surface area contributed by atoms with Gasteiger partial charge in [-0.25, -0.2) is 0 Å². The molecule has 0 aromatic heterocycles. The van der Waals surface area contributed by atoms with E-state index < -0.39 is 0 Å². The number of aliphatic hydroxyl groups is 2. The molecule has 0 bridgehead atoms. The van der Waals surface area contributed by atoms with E-state index in [-0.39, 0.29) is 44.7 Å². The van der Waals surface area contributed by atoms with E-state index in [4.69, 9.17) is 10.2 Å². The summed E-state index contributed by atoms with van der Waals surface area (Å²) >= 11 is 0. The van der Waals surface area contributed by atoms with E-state index in [1.54, 1.807) is 12.1 Å². The Morgan fingerprint density at radius 1 is 1.10 bits per heavy atom. The molecule has 0 saturated heterocycles. The predicted octanol–water partition coefficient (Wildman–Crippen LogP) is -0.462. The van der Waals surface area contributed by atoms with E-state index in [0.717, 1.165) is 5.56 Å². The maximum Gasteiger partial charge on any atom is 0.251 e. The van der Waals surface area contributed by atoms with Crippen LogP contribution < -0.4 is 5.32 Å². The molecule has 1 aromatic carbocycles. The van der Waals surface area contributed by atoms with Crippen molar-refractivity contribution >= 4 is 11.8 Å². The average molecular weight is 280 g/mol. The minimum absolute atomic E-state index is 0.139. The number of hydrogen-bond donors (Lipinski definition) is 3. The van der Waals surface area contributed by atoms with Gasteiger partial charge in [0.1, 0.15) is 0 Å². The van der Waals surface area contributed by atoms with Gasteiger partial charge >= 0.3 is 0 Å². The average Bonchev–Trinajstić information content (AvgIpc) is 2.45. The summed E-state index contributed by atoms with van der Waals surface area (Å²) in [5.41, 5.74) is 1.54. The fourth-order valence-electron chi connectivity index (χ4n) is 1.68. The summed E-state index contributed by atoms with van der Waals surface area (Å²) in [7, 11) is 0. The number of benzene rings is 1. The molecular formula is C14H20N2O4. The van der Waals surface area contributed by atoms with E-state index in [1.807, 2.05) is 19.1 Å². The standard InChI is InChI=1S/C14H20N2O4/c1-11-2-4-12(5-3-11)14(20)15-10-13(19)16(6-8-17)7-9-18/h2-5,17-18H,6-10H2,1H3,(H,15,20). The number of carbonyl (C=O) groups excluding carboxylic acids is 2. The number of rotatable bonds is 7. The highest BCUT2D eigenvalue weighted by molar-refractivity contribution is 5.96. The van der Waals surface area contributed by atoms with Crippen LogP contribution in [0.3, 0.4) is 0 Å². The zero-order valence-electron chi connectivity index (χ0n) is 11.5. The Labute approximate surface area is 118 Å². The topological polar surface area (TPSA) is 89.9 Å². The molecule has 0 aliphatic rings. The highest BCUT2D eigenvalue weighted by Gasteiger charge is 2.14. The van der Waals surface area contributed by atoms with Crippen molar-refractivity contribution in [2.75, 3.05) is 32.8 Å². The maximum atomic E-state index is 11.8. The van der Waals surface area contributed by atoms with Crippen LogP contribution in [-0.2, 0) is 4.79 Å².